The lowest BCUT2D eigenvalue weighted by Crippen LogP contribution is -2.19. The maximum atomic E-state index is 9.29. The molecule has 0 aliphatic carbocycles. The van der Waals surface area contributed by atoms with Gasteiger partial charge in [-0.05, 0) is 29.7 Å². The summed E-state index contributed by atoms with van der Waals surface area (Å²) in [5, 5.41) is 12.6. The van der Waals surface area contributed by atoms with Gasteiger partial charge >= 0.3 is 0 Å². The first-order valence-electron chi connectivity index (χ1n) is 6.13. The van der Waals surface area contributed by atoms with E-state index in [1.807, 2.05) is 55.5 Å². The van der Waals surface area contributed by atoms with Gasteiger partial charge in [-0.25, -0.2) is 0 Å². The molecule has 0 spiro atoms. The summed E-state index contributed by atoms with van der Waals surface area (Å²) in [5.41, 5.74) is 3.33. The minimum absolute atomic E-state index is 0.294. The lowest BCUT2D eigenvalue weighted by Gasteiger charge is -2.13. The lowest BCUT2D eigenvalue weighted by atomic mass is 10.1. The van der Waals surface area contributed by atoms with Crippen LogP contribution < -0.4 is 5.32 Å². The molecule has 96 valence electrons. The quantitative estimate of drug-likeness (QED) is 0.921. The van der Waals surface area contributed by atoms with Gasteiger partial charge in [0.15, 0.2) is 0 Å². The molecular formula is C16H15BrN2. The van der Waals surface area contributed by atoms with Crippen LogP contribution in [0.15, 0.2) is 53.0 Å². The molecule has 0 bridgehead atoms. The summed E-state index contributed by atoms with van der Waals surface area (Å²) in [6.07, 6.45) is 0. The Hall–Kier alpha value is -1.63. The molecule has 0 radical (unpaired) electrons. The van der Waals surface area contributed by atoms with Crippen LogP contribution in [0.5, 0.6) is 0 Å². The Kier molecular flexibility index (Phi) is 4.73. The van der Waals surface area contributed by atoms with Gasteiger partial charge < -0.3 is 0 Å². The first kappa shape index (κ1) is 13.8. The molecule has 2 nitrogen and oxygen atoms in total. The largest absolute Gasteiger partial charge is 0.294 e. The van der Waals surface area contributed by atoms with Crippen LogP contribution in [0.2, 0.25) is 0 Å². The first-order valence-corrected chi connectivity index (χ1v) is 6.93. The van der Waals surface area contributed by atoms with E-state index in [0.717, 1.165) is 10.0 Å². The molecule has 1 atom stereocenters. The minimum Gasteiger partial charge on any atom is -0.294 e. The molecule has 0 amide bonds. The lowest BCUT2D eigenvalue weighted by molar-refractivity contribution is 0.630. The molecule has 0 aliphatic heterocycles. The molecule has 0 heterocycles. The summed E-state index contributed by atoms with van der Waals surface area (Å²) < 4.78 is 1.03. The third kappa shape index (κ3) is 3.66. The molecule has 0 aliphatic rings. The maximum absolute atomic E-state index is 9.29. The monoisotopic (exact) mass is 314 g/mol. The Morgan fingerprint density at radius 2 is 1.95 bits per heavy atom. The second-order valence-corrected chi connectivity index (χ2v) is 5.29. The van der Waals surface area contributed by atoms with E-state index < -0.39 is 0 Å². The summed E-state index contributed by atoms with van der Waals surface area (Å²) in [6, 6.07) is 18.1. The van der Waals surface area contributed by atoms with Crippen molar-refractivity contribution < 1.29 is 0 Å². The molecule has 2 aromatic carbocycles. The number of nitrogens with one attached hydrogen (secondary N) is 1. The van der Waals surface area contributed by atoms with E-state index in [4.69, 9.17) is 0 Å². The third-order valence-corrected chi connectivity index (χ3v) is 3.87. The van der Waals surface area contributed by atoms with Gasteiger partial charge in [-0.2, -0.15) is 5.26 Å². The highest BCUT2D eigenvalue weighted by atomic mass is 79.9. The Balaban J connectivity index is 2.08. The van der Waals surface area contributed by atoms with Crippen LogP contribution in [0.3, 0.4) is 0 Å². The van der Waals surface area contributed by atoms with Crippen LogP contribution in [0.4, 0.5) is 0 Å². The number of halogens is 1. The zero-order chi connectivity index (χ0) is 13.7. The van der Waals surface area contributed by atoms with Crippen LogP contribution in [0, 0.1) is 18.3 Å². The normalized spacial score (nSPS) is 11.8. The molecule has 0 saturated carbocycles. The Morgan fingerprint density at radius 3 is 2.58 bits per heavy atom. The van der Waals surface area contributed by atoms with Crippen molar-refractivity contribution in [3.63, 3.8) is 0 Å². The predicted octanol–water partition coefficient (Wildman–Crippen LogP) is 4.11. The van der Waals surface area contributed by atoms with E-state index in [1.54, 1.807) is 0 Å². The van der Waals surface area contributed by atoms with Crippen LogP contribution >= 0.6 is 15.9 Å². The van der Waals surface area contributed by atoms with Crippen molar-refractivity contribution >= 4 is 15.9 Å². The number of hydrogen-bond donors (Lipinski definition) is 1. The van der Waals surface area contributed by atoms with Gasteiger partial charge in [-0.15, -0.1) is 0 Å². The minimum atomic E-state index is -0.294. The van der Waals surface area contributed by atoms with Gasteiger partial charge in [0.25, 0.3) is 0 Å². The Labute approximate surface area is 122 Å². The van der Waals surface area contributed by atoms with Crippen molar-refractivity contribution in [1.29, 1.82) is 5.26 Å². The molecule has 19 heavy (non-hydrogen) atoms. The first-order chi connectivity index (χ1) is 9.20. The SMILES string of the molecule is Cc1ccc(C(C#N)NCc2ccccc2)cc1Br. The molecule has 2 rings (SSSR count). The average molecular weight is 315 g/mol. The zero-order valence-electron chi connectivity index (χ0n) is 10.7. The Bertz CT molecular complexity index is 587. The van der Waals surface area contributed by atoms with Crippen LogP contribution in [-0.4, -0.2) is 0 Å². The highest BCUT2D eigenvalue weighted by Crippen LogP contribution is 2.21. The van der Waals surface area contributed by atoms with Crippen LogP contribution in [0.1, 0.15) is 22.7 Å². The van der Waals surface area contributed by atoms with Gasteiger partial charge in [0, 0.05) is 11.0 Å². The second-order valence-electron chi connectivity index (χ2n) is 4.44. The summed E-state index contributed by atoms with van der Waals surface area (Å²) in [6.45, 7) is 2.72. The van der Waals surface area contributed by atoms with Crippen molar-refractivity contribution in [1.82, 2.24) is 5.32 Å². The van der Waals surface area contributed by atoms with Crippen molar-refractivity contribution in [2.24, 2.45) is 0 Å². The number of hydrogen-bond acceptors (Lipinski definition) is 2. The second kappa shape index (κ2) is 6.51. The average Bonchev–Trinajstić information content (AvgIpc) is 2.44. The van der Waals surface area contributed by atoms with Gasteiger partial charge in [0.2, 0.25) is 0 Å². The van der Waals surface area contributed by atoms with Crippen molar-refractivity contribution in [2.45, 2.75) is 19.5 Å². The van der Waals surface area contributed by atoms with E-state index in [-0.39, 0.29) is 6.04 Å². The van der Waals surface area contributed by atoms with Gasteiger partial charge in [0.1, 0.15) is 6.04 Å². The van der Waals surface area contributed by atoms with Gasteiger partial charge in [-0.1, -0.05) is 58.4 Å². The molecular weight excluding hydrogens is 300 g/mol. The topological polar surface area (TPSA) is 35.8 Å². The fourth-order valence-electron chi connectivity index (χ4n) is 1.84. The summed E-state index contributed by atoms with van der Waals surface area (Å²) in [7, 11) is 0. The summed E-state index contributed by atoms with van der Waals surface area (Å²) in [4.78, 5) is 0. The fourth-order valence-corrected chi connectivity index (χ4v) is 2.24. The molecule has 0 fully saturated rings. The van der Waals surface area contributed by atoms with Gasteiger partial charge in [-0.3, -0.25) is 5.32 Å². The van der Waals surface area contributed by atoms with E-state index in [9.17, 15) is 5.26 Å². The number of benzene rings is 2. The van der Waals surface area contributed by atoms with Crippen molar-refractivity contribution in [2.75, 3.05) is 0 Å². The number of nitrogens with zero attached hydrogens (tertiary/aromatic N) is 1. The van der Waals surface area contributed by atoms with Crippen LogP contribution in [0.25, 0.3) is 0 Å². The maximum Gasteiger partial charge on any atom is 0.121 e. The van der Waals surface area contributed by atoms with E-state index >= 15 is 0 Å². The number of nitriles is 1. The molecule has 0 saturated heterocycles. The standard InChI is InChI=1S/C16H15BrN2/c1-12-7-8-14(9-15(12)17)16(10-18)19-11-13-5-3-2-4-6-13/h2-9,16,19H,11H2,1H3. The highest BCUT2D eigenvalue weighted by Gasteiger charge is 2.10. The molecule has 1 N–H and O–H groups in total. The van der Waals surface area contributed by atoms with E-state index in [2.05, 4.69) is 27.3 Å². The van der Waals surface area contributed by atoms with E-state index in [0.29, 0.717) is 6.54 Å². The predicted molar refractivity (Wildman–Crippen MR) is 80.5 cm³/mol. The summed E-state index contributed by atoms with van der Waals surface area (Å²) >= 11 is 3.50. The molecule has 2 aromatic rings. The molecule has 1 unspecified atom stereocenters. The zero-order valence-corrected chi connectivity index (χ0v) is 12.3. The number of aryl methyl sites for hydroxylation is 1. The van der Waals surface area contributed by atoms with Crippen LogP contribution in [-0.2, 0) is 6.54 Å². The summed E-state index contributed by atoms with van der Waals surface area (Å²) in [5.74, 6) is 0. The molecule has 3 heteroatoms. The van der Waals surface area contributed by atoms with Crippen molar-refractivity contribution in [3.8, 4) is 6.07 Å². The molecule has 0 aromatic heterocycles. The fraction of sp³-hybridized carbons (Fsp3) is 0.188. The highest BCUT2D eigenvalue weighted by molar-refractivity contribution is 9.10. The smallest absolute Gasteiger partial charge is 0.121 e. The van der Waals surface area contributed by atoms with Gasteiger partial charge in [0.05, 0.1) is 6.07 Å². The Morgan fingerprint density at radius 1 is 1.21 bits per heavy atom. The third-order valence-electron chi connectivity index (χ3n) is 3.01. The number of rotatable bonds is 4. The van der Waals surface area contributed by atoms with Crippen molar-refractivity contribution in [3.05, 3.63) is 69.7 Å². The van der Waals surface area contributed by atoms with E-state index in [1.165, 1.54) is 11.1 Å².